The zero-order valence-corrected chi connectivity index (χ0v) is 14.8. The Labute approximate surface area is 144 Å². The molecular weight excluding hydrogens is 358 g/mol. The van der Waals surface area contributed by atoms with E-state index in [0.29, 0.717) is 18.8 Å². The first kappa shape index (κ1) is 17.4. The molecule has 6 heteroatoms. The van der Waals surface area contributed by atoms with Crippen molar-refractivity contribution in [3.05, 3.63) is 52.3 Å². The van der Waals surface area contributed by atoms with Gasteiger partial charge in [-0.1, -0.05) is 6.07 Å². The lowest BCUT2D eigenvalue weighted by molar-refractivity contribution is 0.0943. The monoisotopic (exact) mass is 377 g/mol. The molecule has 0 saturated heterocycles. The van der Waals surface area contributed by atoms with Crippen LogP contribution in [-0.2, 0) is 4.74 Å². The third kappa shape index (κ3) is 5.33. The summed E-state index contributed by atoms with van der Waals surface area (Å²) >= 11 is 3.53. The van der Waals surface area contributed by atoms with E-state index in [4.69, 9.17) is 4.74 Å². The maximum Gasteiger partial charge on any atom is 0.269 e. The number of carbonyl (C=O) groups excluding carboxylic acids is 1. The van der Waals surface area contributed by atoms with Gasteiger partial charge in [0.15, 0.2) is 0 Å². The highest BCUT2D eigenvalue weighted by Gasteiger charge is 2.07. The maximum absolute atomic E-state index is 11.9. The average molecular weight is 378 g/mol. The van der Waals surface area contributed by atoms with Gasteiger partial charge in [-0.15, -0.1) is 0 Å². The fourth-order valence-electron chi connectivity index (χ4n) is 1.99. The Morgan fingerprint density at radius 3 is 2.78 bits per heavy atom. The number of hydrogen-bond acceptors (Lipinski definition) is 4. The number of aryl methyl sites for hydroxylation is 1. The van der Waals surface area contributed by atoms with E-state index in [1.54, 1.807) is 19.4 Å². The second kappa shape index (κ2) is 8.64. The number of hydrogen-bond donors (Lipinski definition) is 2. The first-order valence-electron chi connectivity index (χ1n) is 7.36. The average Bonchev–Trinajstić information content (AvgIpc) is 2.55. The van der Waals surface area contributed by atoms with Crippen LogP contribution in [0.5, 0.6) is 0 Å². The highest BCUT2D eigenvalue weighted by Crippen LogP contribution is 2.26. The Hall–Kier alpha value is -1.92. The first-order valence-corrected chi connectivity index (χ1v) is 8.16. The lowest BCUT2D eigenvalue weighted by Gasteiger charge is -2.10. The van der Waals surface area contributed by atoms with E-state index < -0.39 is 0 Å². The number of pyridine rings is 1. The summed E-state index contributed by atoms with van der Waals surface area (Å²) < 4.78 is 5.92. The van der Waals surface area contributed by atoms with Crippen molar-refractivity contribution in [1.82, 2.24) is 10.3 Å². The van der Waals surface area contributed by atoms with Gasteiger partial charge < -0.3 is 15.4 Å². The van der Waals surface area contributed by atoms with Crippen LogP contribution in [0.3, 0.4) is 0 Å². The molecule has 122 valence electrons. The number of carbonyl (C=O) groups is 1. The van der Waals surface area contributed by atoms with E-state index in [-0.39, 0.29) is 5.91 Å². The number of ether oxygens (including phenoxy) is 1. The van der Waals surface area contributed by atoms with E-state index in [0.717, 1.165) is 22.3 Å². The number of benzene rings is 1. The molecule has 1 amide bonds. The molecule has 0 aliphatic rings. The lowest BCUT2D eigenvalue weighted by atomic mass is 10.2. The van der Waals surface area contributed by atoms with Gasteiger partial charge in [0, 0.05) is 24.7 Å². The summed E-state index contributed by atoms with van der Waals surface area (Å²) in [7, 11) is 1.64. The van der Waals surface area contributed by atoms with Crippen molar-refractivity contribution < 1.29 is 9.53 Å². The molecule has 0 fully saturated rings. The molecule has 0 radical (unpaired) electrons. The van der Waals surface area contributed by atoms with Crippen LogP contribution in [0.25, 0.3) is 0 Å². The Morgan fingerprint density at radius 2 is 2.13 bits per heavy atom. The summed E-state index contributed by atoms with van der Waals surface area (Å²) in [6.07, 6.45) is 2.43. The molecule has 2 N–H and O–H groups in total. The Morgan fingerprint density at radius 1 is 1.30 bits per heavy atom. The minimum atomic E-state index is -0.177. The number of nitrogens with one attached hydrogen (secondary N) is 2. The zero-order valence-electron chi connectivity index (χ0n) is 13.2. The number of anilines is 2. The fraction of sp³-hybridized carbons (Fsp3) is 0.294. The predicted octanol–water partition coefficient (Wildman–Crippen LogP) is 3.66. The molecule has 2 rings (SSSR count). The normalized spacial score (nSPS) is 10.4. The summed E-state index contributed by atoms with van der Waals surface area (Å²) in [4.78, 5) is 16.1. The number of rotatable bonds is 7. The van der Waals surface area contributed by atoms with Crippen LogP contribution in [0.4, 0.5) is 11.4 Å². The van der Waals surface area contributed by atoms with Crippen molar-refractivity contribution in [3.63, 3.8) is 0 Å². The molecule has 5 nitrogen and oxygen atoms in total. The molecule has 1 aromatic carbocycles. The van der Waals surface area contributed by atoms with Gasteiger partial charge in [-0.2, -0.15) is 0 Å². The van der Waals surface area contributed by atoms with Crippen molar-refractivity contribution in [1.29, 1.82) is 0 Å². The molecule has 0 atom stereocenters. The van der Waals surface area contributed by atoms with Crippen LogP contribution in [0.2, 0.25) is 0 Å². The van der Waals surface area contributed by atoms with Crippen LogP contribution < -0.4 is 10.6 Å². The Balaban J connectivity index is 1.95. The van der Waals surface area contributed by atoms with E-state index in [2.05, 4.69) is 31.5 Å². The number of amides is 1. The van der Waals surface area contributed by atoms with Gasteiger partial charge in [0.05, 0.1) is 17.6 Å². The smallest absolute Gasteiger partial charge is 0.269 e. The molecule has 0 bridgehead atoms. The zero-order chi connectivity index (χ0) is 16.7. The number of methoxy groups -OCH3 is 1. The second-order valence-corrected chi connectivity index (χ2v) is 6.00. The third-order valence-electron chi connectivity index (χ3n) is 3.21. The van der Waals surface area contributed by atoms with Crippen molar-refractivity contribution in [2.45, 2.75) is 13.3 Å². The molecular formula is C17H20BrN3O2. The van der Waals surface area contributed by atoms with Crippen LogP contribution >= 0.6 is 15.9 Å². The van der Waals surface area contributed by atoms with E-state index >= 15 is 0 Å². The topological polar surface area (TPSA) is 63.2 Å². The van der Waals surface area contributed by atoms with Gasteiger partial charge in [0.2, 0.25) is 0 Å². The Bertz CT molecular complexity index is 659. The standard InChI is InChI=1S/C17H20BrN3O2/c1-12-4-6-15(14(18)10-12)21-13-5-7-16(20-11-13)17(22)19-8-3-9-23-2/h4-7,10-11,21H,3,8-9H2,1-2H3,(H,19,22). The largest absolute Gasteiger partial charge is 0.385 e. The van der Waals surface area contributed by atoms with Gasteiger partial charge in [-0.3, -0.25) is 4.79 Å². The molecule has 0 aliphatic heterocycles. The molecule has 2 aromatic rings. The van der Waals surface area contributed by atoms with Gasteiger partial charge >= 0.3 is 0 Å². The van der Waals surface area contributed by atoms with Gasteiger partial charge in [-0.25, -0.2) is 4.98 Å². The lowest BCUT2D eigenvalue weighted by Crippen LogP contribution is -2.26. The van der Waals surface area contributed by atoms with Crippen LogP contribution in [0.1, 0.15) is 22.5 Å². The minimum Gasteiger partial charge on any atom is -0.385 e. The summed E-state index contributed by atoms with van der Waals surface area (Å²) in [6, 6.07) is 9.61. The van der Waals surface area contributed by atoms with Crippen LogP contribution in [0, 0.1) is 6.92 Å². The van der Waals surface area contributed by atoms with Crippen LogP contribution in [0.15, 0.2) is 41.0 Å². The third-order valence-corrected chi connectivity index (χ3v) is 3.87. The highest BCUT2D eigenvalue weighted by atomic mass is 79.9. The Kier molecular flexibility index (Phi) is 6.55. The molecule has 0 saturated carbocycles. The van der Waals surface area contributed by atoms with Crippen molar-refractivity contribution in [3.8, 4) is 0 Å². The number of aromatic nitrogens is 1. The summed E-state index contributed by atoms with van der Waals surface area (Å²) in [5.74, 6) is -0.177. The fourth-order valence-corrected chi connectivity index (χ4v) is 2.58. The van der Waals surface area contributed by atoms with Gasteiger partial charge in [0.1, 0.15) is 5.69 Å². The quantitative estimate of drug-likeness (QED) is 0.722. The summed E-state index contributed by atoms with van der Waals surface area (Å²) in [6.45, 7) is 3.24. The summed E-state index contributed by atoms with van der Waals surface area (Å²) in [5, 5.41) is 6.08. The minimum absolute atomic E-state index is 0.177. The van der Waals surface area contributed by atoms with Crippen molar-refractivity contribution in [2.75, 3.05) is 25.6 Å². The van der Waals surface area contributed by atoms with E-state index in [1.165, 1.54) is 5.56 Å². The van der Waals surface area contributed by atoms with Gasteiger partial charge in [0.25, 0.3) is 5.91 Å². The van der Waals surface area contributed by atoms with E-state index in [1.807, 2.05) is 31.2 Å². The molecule has 23 heavy (non-hydrogen) atoms. The first-order chi connectivity index (χ1) is 11.1. The van der Waals surface area contributed by atoms with E-state index in [9.17, 15) is 4.79 Å². The maximum atomic E-state index is 11.9. The van der Waals surface area contributed by atoms with Crippen molar-refractivity contribution >= 4 is 33.2 Å². The predicted molar refractivity (Wildman–Crippen MR) is 95.2 cm³/mol. The summed E-state index contributed by atoms with van der Waals surface area (Å²) in [5.41, 5.74) is 3.36. The highest BCUT2D eigenvalue weighted by molar-refractivity contribution is 9.10. The molecule has 0 unspecified atom stereocenters. The number of nitrogens with zero attached hydrogens (tertiary/aromatic N) is 1. The van der Waals surface area contributed by atoms with Crippen LogP contribution in [-0.4, -0.2) is 31.2 Å². The molecule has 1 heterocycles. The molecule has 0 aliphatic carbocycles. The SMILES string of the molecule is COCCCNC(=O)c1ccc(Nc2ccc(C)cc2Br)cn1. The number of halogens is 1. The van der Waals surface area contributed by atoms with Gasteiger partial charge in [-0.05, 0) is 59.1 Å². The molecule has 1 aromatic heterocycles. The van der Waals surface area contributed by atoms with Crippen molar-refractivity contribution in [2.24, 2.45) is 0 Å². The molecule has 0 spiro atoms. The second-order valence-electron chi connectivity index (χ2n) is 5.14.